The largest absolute Gasteiger partial charge is 0.388 e. The van der Waals surface area contributed by atoms with Crippen LogP contribution in [0.1, 0.15) is 33.3 Å². The van der Waals surface area contributed by atoms with E-state index in [0.717, 1.165) is 29.7 Å². The zero-order valence-electron chi connectivity index (χ0n) is 20.3. The third-order valence-corrected chi connectivity index (χ3v) is 6.82. The Morgan fingerprint density at radius 1 is 1.00 bits per heavy atom. The first-order chi connectivity index (χ1) is 17.8. The number of rotatable bonds is 11. The summed E-state index contributed by atoms with van der Waals surface area (Å²) in [5.41, 5.74) is 0.213. The van der Waals surface area contributed by atoms with Crippen molar-refractivity contribution in [3.05, 3.63) is 82.4 Å². The molecular weight excluding hydrogens is 542 g/mol. The number of carbonyl (C=O) groups excluding carboxylic acids is 2. The summed E-state index contributed by atoms with van der Waals surface area (Å²) in [6.07, 6.45) is -2.69. The van der Waals surface area contributed by atoms with E-state index in [1.165, 1.54) is 12.3 Å². The Balaban J connectivity index is 1.80. The fourth-order valence-electron chi connectivity index (χ4n) is 3.56. The van der Waals surface area contributed by atoms with Gasteiger partial charge < -0.3 is 20.8 Å². The zero-order chi connectivity index (χ0) is 28.0. The molecule has 0 spiro atoms. The summed E-state index contributed by atoms with van der Waals surface area (Å²) in [4.78, 5) is 29.2. The predicted octanol–water partition coefficient (Wildman–Crippen LogP) is 1.67. The lowest BCUT2D eigenvalue weighted by molar-refractivity contribution is -0.0188. The average molecular weight is 569 g/mol. The molecule has 0 bridgehead atoms. The first kappa shape index (κ1) is 29.1. The number of hydrogen-bond donors (Lipinski definition) is 5. The number of thiazole rings is 1. The SMILES string of the molecule is CC(NC(=O)c1ccccc1)C(O)C(O)C(Cc1cc(F)cc(F)c1)NC(=O)c1csc(NS(C)(=O)=O)n1. The maximum absolute atomic E-state index is 13.8. The molecule has 4 unspecified atom stereocenters. The number of nitrogens with one attached hydrogen (secondary N) is 3. The normalized spacial score (nSPS) is 14.7. The van der Waals surface area contributed by atoms with Gasteiger partial charge in [0.2, 0.25) is 10.0 Å². The van der Waals surface area contributed by atoms with Crippen LogP contribution in [0.4, 0.5) is 13.9 Å². The number of benzene rings is 2. The van der Waals surface area contributed by atoms with Crippen LogP contribution >= 0.6 is 11.3 Å². The second kappa shape index (κ2) is 12.4. The number of hydrogen-bond acceptors (Lipinski definition) is 8. The quantitative estimate of drug-likeness (QED) is 0.235. The molecule has 0 saturated carbocycles. The second-order valence-electron chi connectivity index (χ2n) is 8.58. The smallest absolute Gasteiger partial charge is 0.271 e. The Labute approximate surface area is 221 Å². The van der Waals surface area contributed by atoms with E-state index in [0.29, 0.717) is 11.6 Å². The Hall–Kier alpha value is -3.46. The number of sulfonamides is 1. The lowest BCUT2D eigenvalue weighted by atomic mass is 9.94. The Bertz CT molecular complexity index is 1370. The zero-order valence-corrected chi connectivity index (χ0v) is 21.9. The van der Waals surface area contributed by atoms with Crippen molar-refractivity contribution in [2.24, 2.45) is 0 Å². The van der Waals surface area contributed by atoms with Gasteiger partial charge in [0.05, 0.1) is 18.3 Å². The van der Waals surface area contributed by atoms with Crippen LogP contribution in [-0.4, -0.2) is 66.0 Å². The van der Waals surface area contributed by atoms with Crippen LogP contribution in [0.15, 0.2) is 53.9 Å². The summed E-state index contributed by atoms with van der Waals surface area (Å²) < 4.78 is 52.5. The molecule has 3 rings (SSSR count). The van der Waals surface area contributed by atoms with E-state index < -0.39 is 57.8 Å². The predicted molar refractivity (Wildman–Crippen MR) is 137 cm³/mol. The van der Waals surface area contributed by atoms with E-state index in [4.69, 9.17) is 0 Å². The van der Waals surface area contributed by atoms with Gasteiger partial charge in [0, 0.05) is 17.0 Å². The minimum absolute atomic E-state index is 0.0702. The number of nitrogens with zero attached hydrogens (tertiary/aromatic N) is 1. The summed E-state index contributed by atoms with van der Waals surface area (Å²) in [6.45, 7) is 1.44. The van der Waals surface area contributed by atoms with E-state index in [-0.39, 0.29) is 22.8 Å². The lowest BCUT2D eigenvalue weighted by Crippen LogP contribution is -2.55. The molecule has 3 aromatic rings. The number of halogens is 2. The fraction of sp³-hybridized carbons (Fsp3) is 0.292. The van der Waals surface area contributed by atoms with E-state index >= 15 is 0 Å². The molecule has 38 heavy (non-hydrogen) atoms. The molecule has 204 valence electrons. The van der Waals surface area contributed by atoms with Crippen molar-refractivity contribution in [2.75, 3.05) is 11.0 Å². The van der Waals surface area contributed by atoms with Crippen molar-refractivity contribution < 1.29 is 37.0 Å². The molecule has 4 atom stereocenters. The number of anilines is 1. The summed E-state index contributed by atoms with van der Waals surface area (Å²) in [5.74, 6) is -3.10. The van der Waals surface area contributed by atoms with Gasteiger partial charge in [0.15, 0.2) is 5.13 Å². The molecule has 0 aliphatic rings. The molecular formula is C24H26F2N4O6S2. The lowest BCUT2D eigenvalue weighted by Gasteiger charge is -2.31. The highest BCUT2D eigenvalue weighted by Gasteiger charge is 2.33. The molecule has 0 saturated heterocycles. The first-order valence-corrected chi connectivity index (χ1v) is 14.0. The maximum Gasteiger partial charge on any atom is 0.271 e. The van der Waals surface area contributed by atoms with E-state index in [2.05, 4.69) is 20.3 Å². The van der Waals surface area contributed by atoms with Crippen LogP contribution in [0.25, 0.3) is 0 Å². The number of aromatic nitrogens is 1. The van der Waals surface area contributed by atoms with Gasteiger partial charge in [-0.25, -0.2) is 22.2 Å². The summed E-state index contributed by atoms with van der Waals surface area (Å²) in [7, 11) is -3.64. The minimum atomic E-state index is -3.64. The minimum Gasteiger partial charge on any atom is -0.388 e. The van der Waals surface area contributed by atoms with Crippen molar-refractivity contribution in [1.82, 2.24) is 15.6 Å². The van der Waals surface area contributed by atoms with Gasteiger partial charge in [-0.3, -0.25) is 14.3 Å². The third-order valence-electron chi connectivity index (χ3n) is 5.37. The topological polar surface area (TPSA) is 158 Å². The summed E-state index contributed by atoms with van der Waals surface area (Å²) in [5, 5.41) is 28.0. The Morgan fingerprint density at radius 3 is 2.24 bits per heavy atom. The van der Waals surface area contributed by atoms with Crippen LogP contribution in [0, 0.1) is 11.6 Å². The van der Waals surface area contributed by atoms with Crippen LogP contribution in [0.2, 0.25) is 0 Å². The van der Waals surface area contributed by atoms with Gasteiger partial charge in [0.25, 0.3) is 11.8 Å². The molecule has 1 heterocycles. The molecule has 10 nitrogen and oxygen atoms in total. The Kier molecular flexibility index (Phi) is 9.49. The average Bonchev–Trinajstić information content (AvgIpc) is 3.29. The second-order valence-corrected chi connectivity index (χ2v) is 11.2. The monoisotopic (exact) mass is 568 g/mol. The molecule has 1 aromatic heterocycles. The summed E-state index contributed by atoms with van der Waals surface area (Å²) in [6, 6.07) is 8.57. The van der Waals surface area contributed by atoms with E-state index in [1.54, 1.807) is 30.3 Å². The van der Waals surface area contributed by atoms with Gasteiger partial charge in [-0.1, -0.05) is 18.2 Å². The van der Waals surface area contributed by atoms with Crippen LogP contribution in [0.5, 0.6) is 0 Å². The molecule has 0 fully saturated rings. The first-order valence-electron chi connectivity index (χ1n) is 11.2. The van der Waals surface area contributed by atoms with Gasteiger partial charge in [-0.2, -0.15) is 0 Å². The van der Waals surface area contributed by atoms with Crippen molar-refractivity contribution in [2.45, 2.75) is 37.6 Å². The van der Waals surface area contributed by atoms with E-state index in [1.807, 2.05) is 0 Å². The molecule has 0 aliphatic carbocycles. The standard InChI is InChI=1S/C24H26F2N4O6S2/c1-13(27-22(33)15-6-4-3-5-7-15)20(31)21(32)18(10-14-8-16(25)11-17(26)9-14)28-23(34)19-12-37-24(29-19)30-38(2,35)36/h3-9,11-13,18,20-21,31-32H,10H2,1-2H3,(H,27,33)(H,28,34)(H,29,30). The highest BCUT2D eigenvalue weighted by Crippen LogP contribution is 2.19. The van der Waals surface area contributed by atoms with Gasteiger partial charge >= 0.3 is 0 Å². The van der Waals surface area contributed by atoms with Crippen molar-refractivity contribution >= 4 is 38.3 Å². The van der Waals surface area contributed by atoms with Crippen molar-refractivity contribution in [3.8, 4) is 0 Å². The van der Waals surface area contributed by atoms with Crippen LogP contribution in [-0.2, 0) is 16.4 Å². The maximum atomic E-state index is 13.8. The highest BCUT2D eigenvalue weighted by molar-refractivity contribution is 7.92. The van der Waals surface area contributed by atoms with Gasteiger partial charge in [0.1, 0.15) is 29.5 Å². The van der Waals surface area contributed by atoms with Gasteiger partial charge in [-0.15, -0.1) is 11.3 Å². The Morgan fingerprint density at radius 2 is 1.63 bits per heavy atom. The molecule has 0 radical (unpaired) electrons. The molecule has 2 amide bonds. The molecule has 0 aliphatic heterocycles. The van der Waals surface area contributed by atoms with E-state index in [9.17, 15) is 37.0 Å². The number of aliphatic hydroxyl groups is 2. The number of aliphatic hydroxyl groups excluding tert-OH is 2. The molecule has 2 aromatic carbocycles. The summed E-state index contributed by atoms with van der Waals surface area (Å²) >= 11 is 0.843. The number of amides is 2. The highest BCUT2D eigenvalue weighted by atomic mass is 32.2. The molecule has 5 N–H and O–H groups in total. The van der Waals surface area contributed by atoms with Crippen molar-refractivity contribution in [1.29, 1.82) is 0 Å². The van der Waals surface area contributed by atoms with Gasteiger partial charge in [-0.05, 0) is 43.2 Å². The van der Waals surface area contributed by atoms with Crippen molar-refractivity contribution in [3.63, 3.8) is 0 Å². The molecule has 14 heteroatoms. The third kappa shape index (κ3) is 8.28. The van der Waals surface area contributed by atoms with Crippen LogP contribution < -0.4 is 15.4 Å². The fourth-order valence-corrected chi connectivity index (χ4v) is 5.11. The number of carbonyl (C=O) groups is 2. The van der Waals surface area contributed by atoms with Crippen LogP contribution in [0.3, 0.4) is 0 Å².